The molecule has 3 aliphatic rings. The van der Waals surface area contributed by atoms with Gasteiger partial charge in [-0.05, 0) is 182 Å². The summed E-state index contributed by atoms with van der Waals surface area (Å²) in [5.41, 5.74) is 10.0. The topological polar surface area (TPSA) is 177 Å². The number of phenols is 1. The molecule has 0 bridgehead atoms. The largest absolute Gasteiger partial charge is 0.508 e. The van der Waals surface area contributed by atoms with Crippen LogP contribution >= 0.6 is 0 Å². The van der Waals surface area contributed by atoms with Crippen LogP contribution in [0.15, 0.2) is 127 Å². The molecule has 0 aromatic heterocycles. The molecule has 6 atom stereocenters. The maximum absolute atomic E-state index is 11.6. The van der Waals surface area contributed by atoms with Gasteiger partial charge >= 0.3 is 17.9 Å². The summed E-state index contributed by atoms with van der Waals surface area (Å²) in [7, 11) is 7.77. The van der Waals surface area contributed by atoms with Crippen molar-refractivity contribution >= 4 is 17.9 Å². The molecule has 9 rings (SSSR count). The number of esters is 2. The summed E-state index contributed by atoms with van der Waals surface area (Å²) in [6, 6.07) is 40.2. The van der Waals surface area contributed by atoms with Gasteiger partial charge in [0.25, 0.3) is 0 Å². The highest BCUT2D eigenvalue weighted by Gasteiger charge is 2.27. The molecule has 0 radical (unpaired) electrons. The van der Waals surface area contributed by atoms with Crippen molar-refractivity contribution in [2.24, 2.45) is 0 Å². The molecular weight excluding hydrogens is 1020 g/mol. The van der Waals surface area contributed by atoms with Crippen LogP contribution in [-0.4, -0.2) is 68.8 Å². The van der Waals surface area contributed by atoms with E-state index in [-0.39, 0.29) is 73.0 Å². The van der Waals surface area contributed by atoms with Crippen LogP contribution in [-0.2, 0) is 43.1 Å². The van der Waals surface area contributed by atoms with Gasteiger partial charge in [-0.25, -0.2) is 0 Å². The van der Waals surface area contributed by atoms with E-state index in [9.17, 15) is 19.5 Å². The second-order valence-corrected chi connectivity index (χ2v) is 19.3. The lowest BCUT2D eigenvalue weighted by atomic mass is 9.96. The molecule has 13 nitrogen and oxygen atoms in total. The number of aryl methyl sites for hydroxylation is 3. The number of carboxylic acid groups (broad SMARTS) is 1. The zero-order valence-corrected chi connectivity index (χ0v) is 47.4. The molecule has 422 valence electrons. The first-order valence-corrected chi connectivity index (χ1v) is 26.9. The number of benzene rings is 6. The number of carbonyl (C=O) groups is 3. The van der Waals surface area contributed by atoms with Crippen LogP contribution in [0.1, 0.15) is 145 Å². The van der Waals surface area contributed by atoms with Crippen molar-refractivity contribution in [3.05, 3.63) is 177 Å². The van der Waals surface area contributed by atoms with Crippen LogP contribution in [0, 0.1) is 35.5 Å². The molecule has 0 amide bonds. The number of aliphatic hydroxyl groups is 1. The van der Waals surface area contributed by atoms with Gasteiger partial charge in [0.2, 0.25) is 0 Å². The third-order valence-electron chi connectivity index (χ3n) is 14.1. The predicted molar refractivity (Wildman–Crippen MR) is 311 cm³/mol. The Morgan fingerprint density at radius 3 is 1.16 bits per heavy atom. The maximum atomic E-state index is 11.6. The number of aromatic hydroxyl groups is 1. The number of aliphatic hydroxyl groups excluding tert-OH is 1. The van der Waals surface area contributed by atoms with Gasteiger partial charge in [-0.15, -0.1) is 17.8 Å². The van der Waals surface area contributed by atoms with Gasteiger partial charge in [-0.2, -0.15) is 0 Å². The standard InChI is InChI=1S/C23H24O4.C22H22O4.C13H14O3.C10H12O2/c1-4-5-17(15-23(24)26-3)16-6-9-19(10-7-16)27-22-13-8-18-14-20(25-2)11-12-21(18)22;1-3-4-16(14-22(23)24)15-5-8-18(9-6-15)26-21-12-7-17-13-19(25-2)10-11-20(17)21;1-3-4-11(9-13(15)16-2)10-5-7-12(14)8-6-10;1-12-8-3-4-9-7(6-8)2-5-10(9)11/h6-7,9-12,14,17,22H,8,13,15H2,1-3H3;5-6,8-11,13,16,21H,7,12,14H2,1-2H3,(H,23,24);5-8,11,14H,9H2,1-2H3;3-4,6,10-11H,2,5H2,1H3/t17-,22?;16-,21?;11-;/m000./s1. The van der Waals surface area contributed by atoms with Gasteiger partial charge in [0.05, 0.1) is 78.7 Å². The Morgan fingerprint density at radius 2 is 0.802 bits per heavy atom. The number of methoxy groups -OCH3 is 5. The number of carboxylic acids is 1. The number of hydrogen-bond donors (Lipinski definition) is 3. The van der Waals surface area contributed by atoms with E-state index in [4.69, 9.17) is 38.6 Å². The van der Waals surface area contributed by atoms with Crippen LogP contribution in [0.3, 0.4) is 0 Å². The van der Waals surface area contributed by atoms with Gasteiger partial charge in [-0.1, -0.05) is 72.4 Å². The smallest absolute Gasteiger partial charge is 0.307 e. The summed E-state index contributed by atoms with van der Waals surface area (Å²) in [6.07, 6.45) is 5.97. The second-order valence-electron chi connectivity index (χ2n) is 19.3. The number of ether oxygens (including phenoxy) is 7. The molecule has 3 N–H and O–H groups in total. The van der Waals surface area contributed by atoms with Gasteiger partial charge in [0, 0.05) is 0 Å². The number of rotatable bonds is 16. The number of aliphatic carboxylic acids is 1. The van der Waals surface area contributed by atoms with Gasteiger partial charge in [0.1, 0.15) is 46.7 Å². The van der Waals surface area contributed by atoms with Crippen molar-refractivity contribution < 1.29 is 62.9 Å². The van der Waals surface area contributed by atoms with E-state index in [1.165, 1.54) is 42.0 Å². The van der Waals surface area contributed by atoms with E-state index in [0.717, 1.165) is 89.5 Å². The minimum absolute atomic E-state index is 0.00111. The molecule has 0 saturated heterocycles. The lowest BCUT2D eigenvalue weighted by Crippen LogP contribution is -2.08. The number of fused-ring (bicyclic) bond motifs is 3. The highest BCUT2D eigenvalue weighted by Crippen LogP contribution is 2.39. The molecule has 81 heavy (non-hydrogen) atoms. The van der Waals surface area contributed by atoms with E-state index >= 15 is 0 Å². The van der Waals surface area contributed by atoms with Crippen LogP contribution in [0.4, 0.5) is 0 Å². The molecule has 13 heteroatoms. The van der Waals surface area contributed by atoms with Crippen molar-refractivity contribution in [2.75, 3.05) is 35.5 Å². The third-order valence-corrected chi connectivity index (χ3v) is 14.1. The Balaban J connectivity index is 0.000000182. The quantitative estimate of drug-likeness (QED) is 0.0617. The zero-order chi connectivity index (χ0) is 58.3. The number of phenolic OH excluding ortho intramolecular Hbond substituents is 1. The fraction of sp³-hybridized carbons (Fsp3) is 0.338. The lowest BCUT2D eigenvalue weighted by molar-refractivity contribution is -0.141. The predicted octanol–water partition coefficient (Wildman–Crippen LogP) is 12.5. The number of hydrogen-bond acceptors (Lipinski definition) is 12. The summed E-state index contributed by atoms with van der Waals surface area (Å²) in [4.78, 5) is 33.8. The summed E-state index contributed by atoms with van der Waals surface area (Å²) in [6.45, 7) is 5.22. The van der Waals surface area contributed by atoms with E-state index in [1.54, 1.807) is 66.4 Å². The van der Waals surface area contributed by atoms with Crippen LogP contribution in [0.5, 0.6) is 34.5 Å². The first-order valence-electron chi connectivity index (χ1n) is 26.9. The molecule has 0 heterocycles. The first kappa shape index (κ1) is 61.4. The van der Waals surface area contributed by atoms with E-state index in [2.05, 4.69) is 64.5 Å². The molecule has 3 unspecified atom stereocenters. The minimum Gasteiger partial charge on any atom is -0.508 e. The molecule has 0 spiro atoms. The van der Waals surface area contributed by atoms with Crippen molar-refractivity contribution in [1.29, 1.82) is 0 Å². The SMILES string of the molecule is CC#C[C@@H](CC(=O)O)c1ccc(OC2CCc3cc(OC)ccc32)cc1.CC#C[C@@H](CC(=O)OC)c1ccc(O)cc1.CC#C[C@@H](CC(=O)OC)c1ccc(OC2CCc3cc(OC)ccc32)cc1.COc1ccc2c(c1)CCC2O. The highest BCUT2D eigenvalue weighted by atomic mass is 16.5. The second kappa shape index (κ2) is 31.1. The Labute approximate surface area is 476 Å². The van der Waals surface area contributed by atoms with Crippen LogP contribution in [0.2, 0.25) is 0 Å². The summed E-state index contributed by atoms with van der Waals surface area (Å²) >= 11 is 0. The van der Waals surface area contributed by atoms with Crippen LogP contribution < -0.4 is 23.7 Å². The molecule has 3 aliphatic carbocycles. The molecule has 0 fully saturated rings. The summed E-state index contributed by atoms with van der Waals surface area (Å²) < 4.78 is 37.4. The van der Waals surface area contributed by atoms with Gasteiger partial charge in [0.15, 0.2) is 0 Å². The maximum Gasteiger partial charge on any atom is 0.307 e. The Bertz CT molecular complexity index is 3240. The highest BCUT2D eigenvalue weighted by molar-refractivity contribution is 5.72. The molecule has 0 saturated carbocycles. The molecular formula is C68H72O13. The fourth-order valence-electron chi connectivity index (χ4n) is 9.85. The van der Waals surface area contributed by atoms with Gasteiger partial charge in [-0.3, -0.25) is 14.4 Å². The van der Waals surface area contributed by atoms with Crippen molar-refractivity contribution in [1.82, 2.24) is 0 Å². The normalized spacial score (nSPS) is 15.7. The van der Waals surface area contributed by atoms with E-state index in [1.807, 2.05) is 78.9 Å². The molecule has 6 aromatic carbocycles. The summed E-state index contributed by atoms with van der Waals surface area (Å²) in [5, 5.41) is 27.7. The number of carbonyl (C=O) groups excluding carboxylic acids is 2. The molecule has 6 aromatic rings. The van der Waals surface area contributed by atoms with E-state index < -0.39 is 5.97 Å². The first-order chi connectivity index (χ1) is 39.2. The Morgan fingerprint density at radius 1 is 0.469 bits per heavy atom. The average molecular weight is 1100 g/mol. The zero-order valence-electron chi connectivity index (χ0n) is 47.4. The minimum atomic E-state index is -0.851. The van der Waals surface area contributed by atoms with Crippen molar-refractivity contribution in [2.45, 2.75) is 115 Å². The van der Waals surface area contributed by atoms with Crippen molar-refractivity contribution in [3.8, 4) is 70.0 Å². The molecule has 0 aliphatic heterocycles. The average Bonchev–Trinajstić information content (AvgIpc) is 4.26. The van der Waals surface area contributed by atoms with Gasteiger partial charge < -0.3 is 48.5 Å². The summed E-state index contributed by atoms with van der Waals surface area (Å²) in [5.74, 6) is 19.8. The lowest BCUT2D eigenvalue weighted by Gasteiger charge is -2.16. The fourth-order valence-corrected chi connectivity index (χ4v) is 9.85. The van der Waals surface area contributed by atoms with Crippen molar-refractivity contribution in [3.63, 3.8) is 0 Å². The third kappa shape index (κ3) is 17.8. The van der Waals surface area contributed by atoms with E-state index in [0.29, 0.717) is 0 Å². The Kier molecular flexibility index (Phi) is 23.6. The Hall–Kier alpha value is -8.83. The van der Waals surface area contributed by atoms with Crippen LogP contribution in [0.25, 0.3) is 0 Å². The monoisotopic (exact) mass is 1100 g/mol.